The smallest absolute Gasteiger partial charge is 0.214 e. The van der Waals surface area contributed by atoms with Crippen LogP contribution in [0.4, 0.5) is 0 Å². The lowest BCUT2D eigenvalue weighted by Gasteiger charge is -2.31. The van der Waals surface area contributed by atoms with Gasteiger partial charge in [-0.3, -0.25) is 0 Å². The third-order valence-corrected chi connectivity index (χ3v) is 5.21. The normalized spacial score (nSPS) is 33.1. The van der Waals surface area contributed by atoms with E-state index in [0.29, 0.717) is 26.3 Å². The molecule has 0 amide bonds. The maximum absolute atomic E-state index is 12.1. The number of nitrogens with zero attached hydrogens (tertiary/aromatic N) is 1. The van der Waals surface area contributed by atoms with Gasteiger partial charge in [-0.25, -0.2) is 8.42 Å². The molecule has 0 aromatic heterocycles. The van der Waals surface area contributed by atoms with Crippen LogP contribution in [0, 0.1) is 5.92 Å². The Morgan fingerprint density at radius 3 is 2.94 bits per heavy atom. The van der Waals surface area contributed by atoms with Gasteiger partial charge in [0.25, 0.3) is 0 Å². The quantitative estimate of drug-likeness (QED) is 0.741. The van der Waals surface area contributed by atoms with E-state index < -0.39 is 10.0 Å². The summed E-state index contributed by atoms with van der Waals surface area (Å²) < 4.78 is 31.1. The Morgan fingerprint density at radius 1 is 1.50 bits per heavy atom. The minimum atomic E-state index is -3.09. The van der Waals surface area contributed by atoms with Crippen molar-refractivity contribution in [2.75, 3.05) is 38.6 Å². The van der Waals surface area contributed by atoms with E-state index in [9.17, 15) is 8.42 Å². The average molecular weight is 248 g/mol. The van der Waals surface area contributed by atoms with Crippen molar-refractivity contribution in [2.45, 2.75) is 19.4 Å². The maximum atomic E-state index is 12.1. The van der Waals surface area contributed by atoms with E-state index in [1.807, 2.05) is 6.92 Å². The summed E-state index contributed by atoms with van der Waals surface area (Å²) in [5.41, 5.74) is 0. The fourth-order valence-electron chi connectivity index (χ4n) is 2.27. The van der Waals surface area contributed by atoms with Gasteiger partial charge >= 0.3 is 0 Å². The minimum Gasteiger partial charge on any atom is -0.381 e. The molecule has 0 bridgehead atoms. The first kappa shape index (κ1) is 12.3. The van der Waals surface area contributed by atoms with Gasteiger partial charge in [0.2, 0.25) is 10.0 Å². The van der Waals surface area contributed by atoms with E-state index in [-0.39, 0.29) is 17.7 Å². The van der Waals surface area contributed by atoms with E-state index in [2.05, 4.69) is 5.32 Å². The molecule has 1 N–H and O–H groups in total. The zero-order valence-corrected chi connectivity index (χ0v) is 10.5. The molecule has 6 heteroatoms. The number of sulfonamides is 1. The molecule has 2 aliphatic heterocycles. The van der Waals surface area contributed by atoms with Crippen molar-refractivity contribution in [1.29, 1.82) is 0 Å². The van der Waals surface area contributed by atoms with Gasteiger partial charge in [-0.05, 0) is 19.3 Å². The summed E-state index contributed by atoms with van der Waals surface area (Å²) in [6.45, 7) is 5.26. The highest BCUT2D eigenvalue weighted by Crippen LogP contribution is 2.17. The van der Waals surface area contributed by atoms with Crippen molar-refractivity contribution in [1.82, 2.24) is 9.62 Å². The van der Waals surface area contributed by atoms with Crippen LogP contribution in [0.15, 0.2) is 0 Å². The van der Waals surface area contributed by atoms with Gasteiger partial charge in [-0.15, -0.1) is 0 Å². The third-order valence-electron chi connectivity index (χ3n) is 3.20. The molecule has 1 unspecified atom stereocenters. The Hall–Kier alpha value is -0.170. The van der Waals surface area contributed by atoms with Crippen molar-refractivity contribution < 1.29 is 13.2 Å². The van der Waals surface area contributed by atoms with Gasteiger partial charge < -0.3 is 10.1 Å². The first-order valence-electron chi connectivity index (χ1n) is 5.87. The zero-order chi connectivity index (χ0) is 11.6. The number of hydrogen-bond donors (Lipinski definition) is 1. The molecule has 2 heterocycles. The predicted molar refractivity (Wildman–Crippen MR) is 61.8 cm³/mol. The van der Waals surface area contributed by atoms with Crippen LogP contribution in [0.5, 0.6) is 0 Å². The largest absolute Gasteiger partial charge is 0.381 e. The summed E-state index contributed by atoms with van der Waals surface area (Å²) in [6, 6.07) is 0.253. The molecule has 16 heavy (non-hydrogen) atoms. The molecule has 94 valence electrons. The van der Waals surface area contributed by atoms with E-state index in [0.717, 1.165) is 13.0 Å². The van der Waals surface area contributed by atoms with Crippen molar-refractivity contribution in [3.8, 4) is 0 Å². The Morgan fingerprint density at radius 2 is 2.31 bits per heavy atom. The van der Waals surface area contributed by atoms with Gasteiger partial charge in [0.15, 0.2) is 0 Å². The Labute approximate surface area is 97.2 Å². The number of ether oxygens (including phenoxy) is 1. The summed E-state index contributed by atoms with van der Waals surface area (Å²) in [5, 5.41) is 3.25. The lowest BCUT2D eigenvalue weighted by molar-refractivity contribution is 0.188. The molecule has 0 aromatic rings. The average Bonchev–Trinajstić information content (AvgIpc) is 2.70. The summed E-state index contributed by atoms with van der Waals surface area (Å²) in [5.74, 6) is 0.440. The first-order valence-corrected chi connectivity index (χ1v) is 7.48. The molecular formula is C10H20N2O3S. The number of rotatable bonds is 3. The lowest BCUT2D eigenvalue weighted by Crippen LogP contribution is -2.52. The number of piperazine rings is 1. The highest BCUT2D eigenvalue weighted by atomic mass is 32.2. The third kappa shape index (κ3) is 2.94. The minimum absolute atomic E-state index is 0.190. The highest BCUT2D eigenvalue weighted by Gasteiger charge is 2.30. The fraction of sp³-hybridized carbons (Fsp3) is 1.00. The summed E-state index contributed by atoms with van der Waals surface area (Å²) in [7, 11) is -3.09. The molecular weight excluding hydrogens is 228 g/mol. The topological polar surface area (TPSA) is 58.6 Å². The molecule has 0 saturated carbocycles. The van der Waals surface area contributed by atoms with Crippen LogP contribution in [0.3, 0.4) is 0 Å². The van der Waals surface area contributed by atoms with E-state index >= 15 is 0 Å². The maximum Gasteiger partial charge on any atom is 0.214 e. The second kappa shape index (κ2) is 5.00. The first-order chi connectivity index (χ1) is 7.58. The molecule has 2 fully saturated rings. The summed E-state index contributed by atoms with van der Waals surface area (Å²) in [4.78, 5) is 0. The van der Waals surface area contributed by atoms with E-state index in [1.165, 1.54) is 0 Å². The summed E-state index contributed by atoms with van der Waals surface area (Å²) >= 11 is 0. The molecule has 0 aromatic carbocycles. The van der Waals surface area contributed by atoms with Gasteiger partial charge in [0.1, 0.15) is 0 Å². The van der Waals surface area contributed by atoms with Gasteiger partial charge in [-0.2, -0.15) is 4.31 Å². The predicted octanol–water partition coefficient (Wildman–Crippen LogP) is -0.354. The van der Waals surface area contributed by atoms with Crippen LogP contribution in [0.25, 0.3) is 0 Å². The standard InChI is InChI=1S/C10H20N2O3S/c1-9-6-12(4-3-11-9)16(13,14)8-10-2-5-15-7-10/h9-11H,2-8H2,1H3/t9-,10?/m0/s1. The molecule has 2 atom stereocenters. The monoisotopic (exact) mass is 248 g/mol. The molecule has 2 saturated heterocycles. The molecule has 0 radical (unpaired) electrons. The van der Waals surface area contributed by atoms with Gasteiger partial charge in [0, 0.05) is 32.3 Å². The lowest BCUT2D eigenvalue weighted by atomic mass is 10.2. The number of hydrogen-bond acceptors (Lipinski definition) is 4. The van der Waals surface area contributed by atoms with Crippen molar-refractivity contribution >= 4 is 10.0 Å². The van der Waals surface area contributed by atoms with Gasteiger partial charge in [0.05, 0.1) is 12.4 Å². The van der Waals surface area contributed by atoms with Crippen LogP contribution < -0.4 is 5.32 Å². The zero-order valence-electron chi connectivity index (χ0n) is 9.68. The Bertz CT molecular complexity index is 325. The molecule has 0 spiro atoms. The fourth-order valence-corrected chi connectivity index (χ4v) is 4.16. The Kier molecular flexibility index (Phi) is 3.84. The molecule has 2 rings (SSSR count). The van der Waals surface area contributed by atoms with Crippen molar-refractivity contribution in [3.63, 3.8) is 0 Å². The van der Waals surface area contributed by atoms with Crippen LogP contribution in [0.1, 0.15) is 13.3 Å². The molecule has 0 aliphatic carbocycles. The van der Waals surface area contributed by atoms with Crippen LogP contribution in [-0.2, 0) is 14.8 Å². The molecule has 2 aliphatic rings. The van der Waals surface area contributed by atoms with Gasteiger partial charge in [-0.1, -0.05) is 0 Å². The second-order valence-corrected chi connectivity index (χ2v) is 6.73. The second-order valence-electron chi connectivity index (χ2n) is 4.72. The van der Waals surface area contributed by atoms with Crippen LogP contribution >= 0.6 is 0 Å². The van der Waals surface area contributed by atoms with Crippen molar-refractivity contribution in [3.05, 3.63) is 0 Å². The summed E-state index contributed by atoms with van der Waals surface area (Å²) in [6.07, 6.45) is 0.876. The van der Waals surface area contributed by atoms with Crippen molar-refractivity contribution in [2.24, 2.45) is 5.92 Å². The highest BCUT2D eigenvalue weighted by molar-refractivity contribution is 7.89. The van der Waals surface area contributed by atoms with E-state index in [4.69, 9.17) is 4.74 Å². The number of nitrogens with one attached hydrogen (secondary N) is 1. The van der Waals surface area contributed by atoms with Crippen LogP contribution in [0.2, 0.25) is 0 Å². The Balaban J connectivity index is 1.94. The SMILES string of the molecule is C[C@H]1CN(S(=O)(=O)CC2CCOC2)CCN1. The molecule has 5 nitrogen and oxygen atoms in total. The van der Waals surface area contributed by atoms with E-state index in [1.54, 1.807) is 4.31 Å². The van der Waals surface area contributed by atoms with Crippen LogP contribution in [-0.4, -0.2) is 57.4 Å².